The molecule has 96 valence electrons. The molecule has 0 saturated carbocycles. The lowest BCUT2D eigenvalue weighted by Gasteiger charge is -2.23. The molecule has 1 fully saturated rings. The van der Waals surface area contributed by atoms with E-state index in [2.05, 4.69) is 15.7 Å². The number of carbonyl (C=O) groups is 1. The summed E-state index contributed by atoms with van der Waals surface area (Å²) in [6.07, 6.45) is 2.17. The van der Waals surface area contributed by atoms with E-state index in [0.29, 0.717) is 5.69 Å². The molecule has 1 aliphatic heterocycles. The molecule has 0 aromatic carbocycles. The van der Waals surface area contributed by atoms with Gasteiger partial charge < -0.3 is 10.6 Å². The van der Waals surface area contributed by atoms with Gasteiger partial charge in [-0.1, -0.05) is 0 Å². The summed E-state index contributed by atoms with van der Waals surface area (Å²) < 4.78 is 1.63. The number of piperidine rings is 1. The van der Waals surface area contributed by atoms with Crippen molar-refractivity contribution < 1.29 is 4.79 Å². The molecule has 0 radical (unpaired) electrons. The van der Waals surface area contributed by atoms with Crippen molar-refractivity contribution in [1.29, 1.82) is 0 Å². The molecule has 1 saturated heterocycles. The molecule has 1 aromatic rings. The SMILES string of the molecule is Cc1cc(C(=O)N[C@@H]2CCCNC2)n(C)n1.Cl. The maximum atomic E-state index is 11.9. The molecule has 0 spiro atoms. The molecular formula is C11H19ClN4O. The Balaban J connectivity index is 0.00000144. The van der Waals surface area contributed by atoms with Crippen LogP contribution >= 0.6 is 12.4 Å². The third-order valence-corrected chi connectivity index (χ3v) is 2.87. The molecule has 2 heterocycles. The van der Waals surface area contributed by atoms with Crippen LogP contribution in [-0.2, 0) is 7.05 Å². The summed E-state index contributed by atoms with van der Waals surface area (Å²) in [6, 6.07) is 2.06. The molecule has 0 unspecified atom stereocenters. The van der Waals surface area contributed by atoms with Gasteiger partial charge in [-0.2, -0.15) is 5.10 Å². The fourth-order valence-corrected chi connectivity index (χ4v) is 2.06. The number of halogens is 1. The number of aromatic nitrogens is 2. The first-order valence-electron chi connectivity index (χ1n) is 5.69. The Morgan fingerprint density at radius 2 is 2.41 bits per heavy atom. The fraction of sp³-hybridized carbons (Fsp3) is 0.636. The van der Waals surface area contributed by atoms with E-state index < -0.39 is 0 Å². The number of amides is 1. The van der Waals surface area contributed by atoms with Crippen LogP contribution in [0.1, 0.15) is 29.0 Å². The van der Waals surface area contributed by atoms with E-state index in [-0.39, 0.29) is 24.4 Å². The Bertz CT molecular complexity index is 385. The Kier molecular flexibility index (Phi) is 4.96. The highest BCUT2D eigenvalue weighted by Gasteiger charge is 2.18. The zero-order valence-corrected chi connectivity index (χ0v) is 11.0. The molecule has 0 bridgehead atoms. The molecule has 5 nitrogen and oxygen atoms in total. The molecule has 2 N–H and O–H groups in total. The first kappa shape index (κ1) is 14.0. The molecule has 1 aliphatic rings. The first-order valence-corrected chi connectivity index (χ1v) is 5.69. The average molecular weight is 259 g/mol. The second-order valence-corrected chi connectivity index (χ2v) is 4.31. The van der Waals surface area contributed by atoms with Crippen molar-refractivity contribution in [3.63, 3.8) is 0 Å². The van der Waals surface area contributed by atoms with Gasteiger partial charge in [0.1, 0.15) is 5.69 Å². The Hall–Kier alpha value is -1.07. The van der Waals surface area contributed by atoms with Gasteiger partial charge in [-0.3, -0.25) is 9.48 Å². The third-order valence-electron chi connectivity index (χ3n) is 2.87. The molecular weight excluding hydrogens is 240 g/mol. The van der Waals surface area contributed by atoms with E-state index in [1.54, 1.807) is 11.7 Å². The monoisotopic (exact) mass is 258 g/mol. The van der Waals surface area contributed by atoms with Crippen molar-refractivity contribution in [2.24, 2.45) is 7.05 Å². The molecule has 1 aromatic heterocycles. The molecule has 2 rings (SSSR count). The van der Waals surface area contributed by atoms with Gasteiger partial charge in [0.25, 0.3) is 5.91 Å². The summed E-state index contributed by atoms with van der Waals surface area (Å²) in [6.45, 7) is 3.80. The van der Waals surface area contributed by atoms with Crippen molar-refractivity contribution in [2.75, 3.05) is 13.1 Å². The Morgan fingerprint density at radius 1 is 1.65 bits per heavy atom. The van der Waals surface area contributed by atoms with Crippen LogP contribution in [0.3, 0.4) is 0 Å². The minimum absolute atomic E-state index is 0. The van der Waals surface area contributed by atoms with Crippen LogP contribution in [0.25, 0.3) is 0 Å². The highest BCUT2D eigenvalue weighted by Crippen LogP contribution is 2.05. The lowest BCUT2D eigenvalue weighted by atomic mass is 10.1. The summed E-state index contributed by atoms with van der Waals surface area (Å²) in [5, 5.41) is 10.5. The van der Waals surface area contributed by atoms with Gasteiger partial charge in [0.05, 0.1) is 5.69 Å². The average Bonchev–Trinajstić information content (AvgIpc) is 2.59. The maximum absolute atomic E-state index is 11.9. The standard InChI is InChI=1S/C11H18N4O.ClH/c1-8-6-10(15(2)14-8)11(16)13-9-4-3-5-12-7-9;/h6,9,12H,3-5,7H2,1-2H3,(H,13,16);1H/t9-;/m1./s1. The molecule has 6 heteroatoms. The minimum atomic E-state index is -0.0307. The van der Waals surface area contributed by atoms with Crippen molar-refractivity contribution in [3.05, 3.63) is 17.5 Å². The van der Waals surface area contributed by atoms with E-state index >= 15 is 0 Å². The normalized spacial score (nSPS) is 19.5. The van der Waals surface area contributed by atoms with E-state index in [9.17, 15) is 4.79 Å². The minimum Gasteiger partial charge on any atom is -0.347 e. The highest BCUT2D eigenvalue weighted by atomic mass is 35.5. The number of hydrogen-bond donors (Lipinski definition) is 2. The third kappa shape index (κ3) is 3.44. The van der Waals surface area contributed by atoms with Gasteiger partial charge in [0.2, 0.25) is 0 Å². The highest BCUT2D eigenvalue weighted by molar-refractivity contribution is 5.92. The fourth-order valence-electron chi connectivity index (χ4n) is 2.06. The Morgan fingerprint density at radius 3 is 2.94 bits per heavy atom. The van der Waals surface area contributed by atoms with Crippen molar-refractivity contribution >= 4 is 18.3 Å². The van der Waals surface area contributed by atoms with Crippen LogP contribution in [0.5, 0.6) is 0 Å². The predicted octanol–water partition coefficient (Wildman–Crippen LogP) is 0.632. The zero-order valence-electron chi connectivity index (χ0n) is 10.2. The summed E-state index contributed by atoms with van der Waals surface area (Å²) in [5.74, 6) is -0.0307. The summed E-state index contributed by atoms with van der Waals surface area (Å²) >= 11 is 0. The molecule has 17 heavy (non-hydrogen) atoms. The lowest BCUT2D eigenvalue weighted by molar-refractivity contribution is 0.0921. The quantitative estimate of drug-likeness (QED) is 0.818. The smallest absolute Gasteiger partial charge is 0.269 e. The van der Waals surface area contributed by atoms with E-state index in [1.165, 1.54) is 0 Å². The predicted molar refractivity (Wildman–Crippen MR) is 68.6 cm³/mol. The van der Waals surface area contributed by atoms with Crippen LogP contribution in [0.2, 0.25) is 0 Å². The van der Waals surface area contributed by atoms with Gasteiger partial charge in [0, 0.05) is 19.6 Å². The van der Waals surface area contributed by atoms with Gasteiger partial charge in [-0.15, -0.1) is 12.4 Å². The van der Waals surface area contributed by atoms with Gasteiger partial charge >= 0.3 is 0 Å². The first-order chi connectivity index (χ1) is 7.66. The van der Waals surface area contributed by atoms with E-state index in [0.717, 1.165) is 31.6 Å². The number of carbonyl (C=O) groups excluding carboxylic acids is 1. The maximum Gasteiger partial charge on any atom is 0.269 e. The van der Waals surface area contributed by atoms with Crippen LogP contribution in [-0.4, -0.2) is 34.8 Å². The number of hydrogen-bond acceptors (Lipinski definition) is 3. The summed E-state index contributed by atoms with van der Waals surface area (Å²) in [7, 11) is 1.79. The van der Waals surface area contributed by atoms with E-state index in [1.807, 2.05) is 13.0 Å². The molecule has 1 atom stereocenters. The van der Waals surface area contributed by atoms with Crippen molar-refractivity contribution in [1.82, 2.24) is 20.4 Å². The van der Waals surface area contributed by atoms with Crippen LogP contribution in [0.15, 0.2) is 6.07 Å². The molecule has 1 amide bonds. The Labute approximate surface area is 107 Å². The second-order valence-electron chi connectivity index (χ2n) is 4.31. The zero-order chi connectivity index (χ0) is 11.5. The second kappa shape index (κ2) is 6.02. The van der Waals surface area contributed by atoms with E-state index in [4.69, 9.17) is 0 Å². The van der Waals surface area contributed by atoms with Gasteiger partial charge in [-0.25, -0.2) is 0 Å². The van der Waals surface area contributed by atoms with Crippen molar-refractivity contribution in [3.8, 4) is 0 Å². The van der Waals surface area contributed by atoms with Crippen LogP contribution < -0.4 is 10.6 Å². The van der Waals surface area contributed by atoms with Gasteiger partial charge in [-0.05, 0) is 32.4 Å². The summed E-state index contributed by atoms with van der Waals surface area (Å²) in [4.78, 5) is 11.9. The van der Waals surface area contributed by atoms with Crippen molar-refractivity contribution in [2.45, 2.75) is 25.8 Å². The van der Waals surface area contributed by atoms with Crippen LogP contribution in [0.4, 0.5) is 0 Å². The largest absolute Gasteiger partial charge is 0.347 e. The number of nitrogens with zero attached hydrogens (tertiary/aromatic N) is 2. The number of aryl methyl sites for hydroxylation is 2. The topological polar surface area (TPSA) is 59.0 Å². The molecule has 0 aliphatic carbocycles. The number of rotatable bonds is 2. The number of nitrogens with one attached hydrogen (secondary N) is 2. The van der Waals surface area contributed by atoms with Crippen LogP contribution in [0, 0.1) is 6.92 Å². The summed E-state index contributed by atoms with van der Waals surface area (Å²) in [5.41, 5.74) is 1.50. The lowest BCUT2D eigenvalue weighted by Crippen LogP contribution is -2.46. The van der Waals surface area contributed by atoms with Gasteiger partial charge in [0.15, 0.2) is 0 Å².